The minimum Gasteiger partial charge on any atom is -0.497 e. The van der Waals surface area contributed by atoms with Crippen LogP contribution in [0.15, 0.2) is 41.3 Å². The Bertz CT molecular complexity index is 1090. The molecule has 0 spiro atoms. The van der Waals surface area contributed by atoms with Gasteiger partial charge >= 0.3 is 0 Å². The summed E-state index contributed by atoms with van der Waals surface area (Å²) < 4.78 is 11.7. The molecule has 2 aromatic carbocycles. The van der Waals surface area contributed by atoms with Gasteiger partial charge in [0, 0.05) is 36.1 Å². The van der Waals surface area contributed by atoms with E-state index in [1.165, 1.54) is 11.8 Å². The number of thiazole rings is 1. The molecule has 3 aromatic rings. The Balaban J connectivity index is 0.00000324. The number of fused-ring (bicyclic) bond motifs is 1. The standard InChI is InChI=1S/C24H28ClN3O3S2.ClH/c1-17-20(25)8-9-21-23(17)26-24(33-21)28(11-3-10-27-12-14-31-15-13-27)22(29)16-32-19-6-4-18(30-2)5-7-19;/h4-9H,3,10-16H2,1-2H3;1H. The summed E-state index contributed by atoms with van der Waals surface area (Å²) >= 11 is 9.38. The molecule has 10 heteroatoms. The smallest absolute Gasteiger partial charge is 0.239 e. The largest absolute Gasteiger partial charge is 0.497 e. The average Bonchev–Trinajstić information content (AvgIpc) is 3.28. The van der Waals surface area contributed by atoms with Gasteiger partial charge in [0.1, 0.15) is 5.75 Å². The number of amides is 1. The number of aryl methyl sites for hydroxylation is 1. The summed E-state index contributed by atoms with van der Waals surface area (Å²) in [6.07, 6.45) is 0.884. The maximum atomic E-state index is 13.3. The van der Waals surface area contributed by atoms with E-state index in [4.69, 9.17) is 26.1 Å². The zero-order valence-corrected chi connectivity index (χ0v) is 22.5. The second kappa shape index (κ2) is 13.0. The number of morpholine rings is 1. The molecule has 1 aliphatic rings. The van der Waals surface area contributed by atoms with Crippen molar-refractivity contribution in [3.05, 3.63) is 47.0 Å². The van der Waals surface area contributed by atoms with E-state index in [0.717, 1.165) is 70.8 Å². The van der Waals surface area contributed by atoms with Gasteiger partial charge in [-0.15, -0.1) is 24.2 Å². The molecule has 1 saturated heterocycles. The summed E-state index contributed by atoms with van der Waals surface area (Å²) in [4.78, 5) is 23.4. The van der Waals surface area contributed by atoms with Gasteiger partial charge < -0.3 is 9.47 Å². The number of ether oxygens (including phenoxy) is 2. The van der Waals surface area contributed by atoms with Crippen LogP contribution in [0.3, 0.4) is 0 Å². The number of anilines is 1. The zero-order chi connectivity index (χ0) is 23.2. The number of hydrogen-bond acceptors (Lipinski definition) is 7. The van der Waals surface area contributed by atoms with Crippen molar-refractivity contribution in [3.8, 4) is 5.75 Å². The lowest BCUT2D eigenvalue weighted by Gasteiger charge is -2.27. The third-order valence-corrected chi connectivity index (χ3v) is 8.10. The van der Waals surface area contributed by atoms with E-state index in [-0.39, 0.29) is 18.3 Å². The molecule has 0 radical (unpaired) electrons. The first-order valence-electron chi connectivity index (χ1n) is 11.0. The summed E-state index contributed by atoms with van der Waals surface area (Å²) in [5.74, 6) is 1.21. The molecule has 1 amide bonds. The molecule has 1 aromatic heterocycles. The SMILES string of the molecule is COc1ccc(SCC(=O)N(CCCN2CCOCC2)c2nc3c(C)c(Cl)ccc3s2)cc1.Cl. The number of methoxy groups -OCH3 is 1. The number of carbonyl (C=O) groups is 1. The first-order valence-corrected chi connectivity index (χ1v) is 13.2. The van der Waals surface area contributed by atoms with Crippen LogP contribution in [0.1, 0.15) is 12.0 Å². The number of rotatable bonds is 9. The molecule has 0 bridgehead atoms. The number of benzene rings is 2. The van der Waals surface area contributed by atoms with Crippen molar-refractivity contribution < 1.29 is 14.3 Å². The second-order valence-electron chi connectivity index (χ2n) is 7.83. The quantitative estimate of drug-likeness (QED) is 0.331. The van der Waals surface area contributed by atoms with E-state index < -0.39 is 0 Å². The fraction of sp³-hybridized carbons (Fsp3) is 0.417. The van der Waals surface area contributed by atoms with E-state index in [9.17, 15) is 4.79 Å². The van der Waals surface area contributed by atoms with Gasteiger partial charge in [0.05, 0.1) is 36.3 Å². The van der Waals surface area contributed by atoms with Crippen LogP contribution in [0.25, 0.3) is 10.2 Å². The minimum absolute atomic E-state index is 0. The van der Waals surface area contributed by atoms with Crippen LogP contribution >= 0.6 is 47.1 Å². The molecule has 6 nitrogen and oxygen atoms in total. The molecule has 4 rings (SSSR count). The maximum Gasteiger partial charge on any atom is 0.239 e. The Kier molecular flexibility index (Phi) is 10.3. The van der Waals surface area contributed by atoms with Crippen molar-refractivity contribution in [1.82, 2.24) is 9.88 Å². The molecule has 184 valence electrons. The monoisotopic (exact) mass is 541 g/mol. The van der Waals surface area contributed by atoms with Crippen molar-refractivity contribution in [2.24, 2.45) is 0 Å². The molecule has 0 atom stereocenters. The van der Waals surface area contributed by atoms with Gasteiger partial charge in [-0.2, -0.15) is 0 Å². The number of halogens is 2. The Morgan fingerprint density at radius 1 is 1.24 bits per heavy atom. The average molecular weight is 543 g/mol. The Labute approximate surface area is 220 Å². The van der Waals surface area contributed by atoms with E-state index in [1.807, 2.05) is 48.2 Å². The first kappa shape index (κ1) is 27.0. The lowest BCUT2D eigenvalue weighted by Crippen LogP contribution is -2.39. The zero-order valence-electron chi connectivity index (χ0n) is 19.3. The number of carbonyl (C=O) groups excluding carboxylic acids is 1. The Morgan fingerprint density at radius 3 is 2.68 bits per heavy atom. The third kappa shape index (κ3) is 6.77. The van der Waals surface area contributed by atoms with E-state index in [1.54, 1.807) is 18.4 Å². The van der Waals surface area contributed by atoms with E-state index in [0.29, 0.717) is 17.3 Å². The van der Waals surface area contributed by atoms with Crippen molar-refractivity contribution in [3.63, 3.8) is 0 Å². The lowest BCUT2D eigenvalue weighted by molar-refractivity contribution is -0.116. The van der Waals surface area contributed by atoms with Gasteiger partial charge in [-0.05, 0) is 55.3 Å². The normalized spacial score (nSPS) is 14.1. The third-order valence-electron chi connectivity index (χ3n) is 5.65. The van der Waals surface area contributed by atoms with Crippen LogP contribution in [0.2, 0.25) is 5.02 Å². The summed E-state index contributed by atoms with van der Waals surface area (Å²) in [5.41, 5.74) is 1.82. The fourth-order valence-electron chi connectivity index (χ4n) is 3.70. The summed E-state index contributed by atoms with van der Waals surface area (Å²) in [5, 5.41) is 1.43. The van der Waals surface area contributed by atoms with Gasteiger partial charge in [0.2, 0.25) is 5.91 Å². The highest BCUT2D eigenvalue weighted by atomic mass is 35.5. The van der Waals surface area contributed by atoms with Crippen molar-refractivity contribution in [1.29, 1.82) is 0 Å². The number of aromatic nitrogens is 1. The van der Waals surface area contributed by atoms with Crippen LogP contribution < -0.4 is 9.64 Å². The van der Waals surface area contributed by atoms with Gasteiger partial charge in [0.15, 0.2) is 5.13 Å². The molecule has 2 heterocycles. The number of nitrogens with zero attached hydrogens (tertiary/aromatic N) is 3. The van der Waals surface area contributed by atoms with Crippen molar-refractivity contribution >= 4 is 68.4 Å². The molecule has 1 fully saturated rings. The highest BCUT2D eigenvalue weighted by Gasteiger charge is 2.21. The van der Waals surface area contributed by atoms with Gasteiger partial charge in [0.25, 0.3) is 0 Å². The number of hydrogen-bond donors (Lipinski definition) is 0. The number of thioether (sulfide) groups is 1. The summed E-state index contributed by atoms with van der Waals surface area (Å²) in [6, 6.07) is 11.6. The molecular formula is C24H29Cl2N3O3S2. The van der Waals surface area contributed by atoms with Gasteiger partial charge in [-0.3, -0.25) is 14.6 Å². The molecule has 0 aliphatic carbocycles. The molecule has 0 unspecified atom stereocenters. The molecule has 34 heavy (non-hydrogen) atoms. The summed E-state index contributed by atoms with van der Waals surface area (Å²) in [7, 11) is 1.65. The predicted octanol–water partition coefficient (Wildman–Crippen LogP) is 5.54. The summed E-state index contributed by atoms with van der Waals surface area (Å²) in [6.45, 7) is 6.98. The first-order chi connectivity index (χ1) is 16.0. The molecule has 0 N–H and O–H groups in total. The second-order valence-corrected chi connectivity index (χ2v) is 10.3. The molecule has 0 saturated carbocycles. The topological polar surface area (TPSA) is 54.9 Å². The van der Waals surface area contributed by atoms with Crippen LogP contribution in [-0.4, -0.2) is 68.0 Å². The van der Waals surface area contributed by atoms with E-state index >= 15 is 0 Å². The highest BCUT2D eigenvalue weighted by molar-refractivity contribution is 8.00. The van der Waals surface area contributed by atoms with Crippen LogP contribution in [0, 0.1) is 6.92 Å². The van der Waals surface area contributed by atoms with E-state index in [2.05, 4.69) is 4.90 Å². The Morgan fingerprint density at radius 2 is 1.97 bits per heavy atom. The predicted molar refractivity (Wildman–Crippen MR) is 145 cm³/mol. The van der Waals surface area contributed by atoms with Crippen molar-refractivity contribution in [2.45, 2.75) is 18.2 Å². The van der Waals surface area contributed by atoms with Crippen molar-refractivity contribution in [2.75, 3.05) is 57.2 Å². The maximum absolute atomic E-state index is 13.3. The van der Waals surface area contributed by atoms with Crippen LogP contribution in [-0.2, 0) is 9.53 Å². The van der Waals surface area contributed by atoms with Gasteiger partial charge in [-0.25, -0.2) is 4.98 Å². The minimum atomic E-state index is 0. The molecule has 1 aliphatic heterocycles. The molecular weight excluding hydrogens is 513 g/mol. The van der Waals surface area contributed by atoms with Gasteiger partial charge in [-0.1, -0.05) is 22.9 Å². The fourth-order valence-corrected chi connectivity index (χ4v) is 5.70. The lowest BCUT2D eigenvalue weighted by atomic mass is 10.2. The highest BCUT2D eigenvalue weighted by Crippen LogP contribution is 2.34. The van der Waals surface area contributed by atoms with Crippen LogP contribution in [0.5, 0.6) is 5.75 Å². The Hall–Kier alpha value is -1.55. The van der Waals surface area contributed by atoms with Crippen LogP contribution in [0.4, 0.5) is 5.13 Å².